The maximum atomic E-state index is 6.06. The van der Waals surface area contributed by atoms with Crippen LogP contribution in [0.15, 0.2) is 24.4 Å². The average molecular weight is 290 g/mol. The third-order valence-electron chi connectivity index (χ3n) is 4.77. The Labute approximate surface area is 127 Å². The molecule has 2 aliphatic rings. The summed E-state index contributed by atoms with van der Waals surface area (Å²) in [5.41, 5.74) is 1.33. The molecular weight excluding hydrogens is 264 g/mol. The Morgan fingerprint density at radius 1 is 1.48 bits per heavy atom. The summed E-state index contributed by atoms with van der Waals surface area (Å²) in [4.78, 5) is 6.98. The fourth-order valence-corrected chi connectivity index (χ4v) is 3.75. The minimum atomic E-state index is 0.182. The zero-order valence-electron chi connectivity index (χ0n) is 13.0. The van der Waals surface area contributed by atoms with Crippen LogP contribution in [-0.2, 0) is 16.0 Å². The van der Waals surface area contributed by atoms with Crippen LogP contribution in [0.4, 0.5) is 0 Å². The minimum Gasteiger partial charge on any atom is -0.381 e. The predicted octanol–water partition coefficient (Wildman–Crippen LogP) is 2.49. The largest absolute Gasteiger partial charge is 0.381 e. The molecule has 2 fully saturated rings. The molecule has 2 saturated heterocycles. The van der Waals surface area contributed by atoms with Crippen LogP contribution < -0.4 is 0 Å². The molecule has 0 unspecified atom stereocenters. The first-order valence-electron chi connectivity index (χ1n) is 8.14. The molecular formula is C17H26N2O2. The number of nitrogens with zero attached hydrogens (tertiary/aromatic N) is 2. The van der Waals surface area contributed by atoms with Crippen LogP contribution in [0, 0.1) is 5.41 Å². The summed E-state index contributed by atoms with van der Waals surface area (Å²) in [6.45, 7) is 7.69. The topological polar surface area (TPSA) is 34.6 Å². The van der Waals surface area contributed by atoms with Gasteiger partial charge in [-0.05, 0) is 38.3 Å². The molecule has 1 aromatic rings. The highest BCUT2D eigenvalue weighted by molar-refractivity contribution is 5.05. The lowest BCUT2D eigenvalue weighted by atomic mass is 9.73. The van der Waals surface area contributed by atoms with Crippen LogP contribution in [0.5, 0.6) is 0 Å². The van der Waals surface area contributed by atoms with Crippen molar-refractivity contribution in [1.29, 1.82) is 0 Å². The molecule has 0 bridgehead atoms. The highest BCUT2D eigenvalue weighted by Gasteiger charge is 2.46. The second kappa shape index (κ2) is 6.86. The second-order valence-corrected chi connectivity index (χ2v) is 6.28. The van der Waals surface area contributed by atoms with Crippen molar-refractivity contribution < 1.29 is 9.47 Å². The summed E-state index contributed by atoms with van der Waals surface area (Å²) in [7, 11) is 0. The van der Waals surface area contributed by atoms with E-state index >= 15 is 0 Å². The lowest BCUT2D eigenvalue weighted by Gasteiger charge is -2.50. The lowest BCUT2D eigenvalue weighted by Crippen LogP contribution is -2.56. The second-order valence-electron chi connectivity index (χ2n) is 6.28. The number of hydrogen-bond donors (Lipinski definition) is 0. The smallest absolute Gasteiger partial charge is 0.0677 e. The number of piperidine rings is 1. The molecule has 2 atom stereocenters. The molecule has 3 heterocycles. The zero-order chi connectivity index (χ0) is 14.5. The van der Waals surface area contributed by atoms with Gasteiger partial charge in [-0.25, -0.2) is 0 Å². The monoisotopic (exact) mass is 290 g/mol. The third-order valence-corrected chi connectivity index (χ3v) is 4.77. The van der Waals surface area contributed by atoms with Gasteiger partial charge >= 0.3 is 0 Å². The predicted molar refractivity (Wildman–Crippen MR) is 82.0 cm³/mol. The van der Waals surface area contributed by atoms with Crippen molar-refractivity contribution >= 4 is 0 Å². The number of fused-ring (bicyclic) bond motifs is 1. The summed E-state index contributed by atoms with van der Waals surface area (Å²) < 4.78 is 11.9. The number of pyridine rings is 1. The van der Waals surface area contributed by atoms with Gasteiger partial charge in [0.2, 0.25) is 0 Å². The molecule has 0 radical (unpaired) electrons. The summed E-state index contributed by atoms with van der Waals surface area (Å²) in [6, 6.07) is 6.15. The average Bonchev–Trinajstić information content (AvgIpc) is 2.54. The van der Waals surface area contributed by atoms with E-state index in [1.807, 2.05) is 12.3 Å². The van der Waals surface area contributed by atoms with Gasteiger partial charge < -0.3 is 9.47 Å². The van der Waals surface area contributed by atoms with E-state index in [0.717, 1.165) is 58.0 Å². The van der Waals surface area contributed by atoms with Crippen molar-refractivity contribution in [3.63, 3.8) is 0 Å². The van der Waals surface area contributed by atoms with E-state index in [0.29, 0.717) is 6.10 Å². The summed E-state index contributed by atoms with van der Waals surface area (Å²) in [6.07, 6.45) is 5.73. The molecule has 21 heavy (non-hydrogen) atoms. The van der Waals surface area contributed by atoms with Crippen LogP contribution in [0.25, 0.3) is 0 Å². The Bertz CT molecular complexity index is 440. The van der Waals surface area contributed by atoms with E-state index in [9.17, 15) is 0 Å². The fourth-order valence-electron chi connectivity index (χ4n) is 3.75. The van der Waals surface area contributed by atoms with E-state index in [2.05, 4.69) is 28.9 Å². The number of rotatable bonds is 5. The zero-order valence-corrected chi connectivity index (χ0v) is 13.0. The molecule has 4 heteroatoms. The van der Waals surface area contributed by atoms with Gasteiger partial charge in [-0.15, -0.1) is 0 Å². The maximum Gasteiger partial charge on any atom is 0.0677 e. The quantitative estimate of drug-likeness (QED) is 0.834. The normalized spacial score (nSPS) is 30.0. The summed E-state index contributed by atoms with van der Waals surface area (Å²) in [5.74, 6) is 0. The molecule has 0 amide bonds. The van der Waals surface area contributed by atoms with Gasteiger partial charge in [0.25, 0.3) is 0 Å². The first kappa shape index (κ1) is 14.9. The van der Waals surface area contributed by atoms with E-state index in [1.54, 1.807) is 0 Å². The van der Waals surface area contributed by atoms with Crippen molar-refractivity contribution in [2.45, 2.75) is 38.8 Å². The maximum absolute atomic E-state index is 6.06. The molecule has 0 aliphatic carbocycles. The Morgan fingerprint density at radius 2 is 2.43 bits per heavy atom. The minimum absolute atomic E-state index is 0.182. The van der Waals surface area contributed by atoms with Gasteiger partial charge in [0.15, 0.2) is 0 Å². The Morgan fingerprint density at radius 3 is 3.24 bits per heavy atom. The summed E-state index contributed by atoms with van der Waals surface area (Å²) >= 11 is 0. The SMILES string of the molecule is CCOC[C@]12CCCO[C@H]1CCN(Cc1ccccn1)C2. The van der Waals surface area contributed by atoms with Crippen molar-refractivity contribution in [1.82, 2.24) is 9.88 Å². The van der Waals surface area contributed by atoms with Crippen LogP contribution in [0.1, 0.15) is 31.9 Å². The number of aromatic nitrogens is 1. The summed E-state index contributed by atoms with van der Waals surface area (Å²) in [5, 5.41) is 0. The van der Waals surface area contributed by atoms with E-state index < -0.39 is 0 Å². The Hall–Kier alpha value is -0.970. The van der Waals surface area contributed by atoms with E-state index in [1.165, 1.54) is 6.42 Å². The van der Waals surface area contributed by atoms with Crippen molar-refractivity contribution in [3.8, 4) is 0 Å². The van der Waals surface area contributed by atoms with Crippen LogP contribution >= 0.6 is 0 Å². The molecule has 3 rings (SSSR count). The first-order valence-corrected chi connectivity index (χ1v) is 8.14. The Balaban J connectivity index is 1.68. The van der Waals surface area contributed by atoms with Crippen LogP contribution in [-0.4, -0.2) is 48.9 Å². The molecule has 0 N–H and O–H groups in total. The van der Waals surface area contributed by atoms with Gasteiger partial charge in [-0.1, -0.05) is 6.07 Å². The van der Waals surface area contributed by atoms with E-state index in [4.69, 9.17) is 9.47 Å². The first-order chi connectivity index (χ1) is 10.3. The van der Waals surface area contributed by atoms with Crippen molar-refractivity contribution in [3.05, 3.63) is 30.1 Å². The molecule has 116 valence electrons. The molecule has 2 aliphatic heterocycles. The fraction of sp³-hybridized carbons (Fsp3) is 0.706. The third kappa shape index (κ3) is 3.44. The van der Waals surface area contributed by atoms with Crippen LogP contribution in [0.3, 0.4) is 0 Å². The van der Waals surface area contributed by atoms with Crippen LogP contribution in [0.2, 0.25) is 0 Å². The van der Waals surface area contributed by atoms with E-state index in [-0.39, 0.29) is 5.41 Å². The molecule has 0 saturated carbocycles. The van der Waals surface area contributed by atoms with Gasteiger partial charge in [0.1, 0.15) is 0 Å². The standard InChI is InChI=1S/C17H26N2O2/c1-2-20-14-17-8-5-11-21-16(17)7-10-19(13-17)12-15-6-3-4-9-18-15/h3-4,6,9,16H,2,5,7-8,10-14H2,1H3/t16-,17+/m0/s1. The van der Waals surface area contributed by atoms with Crippen molar-refractivity contribution in [2.75, 3.05) is 32.9 Å². The van der Waals surface area contributed by atoms with Gasteiger partial charge in [0, 0.05) is 44.5 Å². The van der Waals surface area contributed by atoms with Gasteiger partial charge in [0.05, 0.1) is 18.4 Å². The molecule has 4 nitrogen and oxygen atoms in total. The molecule has 0 spiro atoms. The number of hydrogen-bond acceptors (Lipinski definition) is 4. The van der Waals surface area contributed by atoms with Crippen molar-refractivity contribution in [2.24, 2.45) is 5.41 Å². The molecule has 1 aromatic heterocycles. The lowest BCUT2D eigenvalue weighted by molar-refractivity contribution is -0.153. The molecule has 0 aromatic carbocycles. The van der Waals surface area contributed by atoms with Gasteiger partial charge in [-0.3, -0.25) is 9.88 Å². The number of likely N-dealkylation sites (tertiary alicyclic amines) is 1. The highest BCUT2D eigenvalue weighted by Crippen LogP contribution is 2.40. The number of ether oxygens (including phenoxy) is 2. The highest BCUT2D eigenvalue weighted by atomic mass is 16.5. The Kier molecular flexibility index (Phi) is 4.88. The van der Waals surface area contributed by atoms with Gasteiger partial charge in [-0.2, -0.15) is 0 Å².